The predicted molar refractivity (Wildman–Crippen MR) is 118 cm³/mol. The Morgan fingerprint density at radius 3 is 2.61 bits per heavy atom. The lowest BCUT2D eigenvalue weighted by molar-refractivity contribution is -0.125. The minimum atomic E-state index is -0.240. The van der Waals surface area contributed by atoms with Crippen LogP contribution in [-0.2, 0) is 16.1 Å². The van der Waals surface area contributed by atoms with Crippen molar-refractivity contribution in [3.8, 4) is 0 Å². The van der Waals surface area contributed by atoms with Gasteiger partial charge in [-0.25, -0.2) is 4.98 Å². The van der Waals surface area contributed by atoms with Crippen LogP contribution < -0.4 is 21.1 Å². The van der Waals surface area contributed by atoms with Gasteiger partial charge in [-0.2, -0.15) is 4.98 Å². The molecule has 10 heteroatoms. The number of hydrogen-bond acceptors (Lipinski definition) is 7. The minimum Gasteiger partial charge on any atom is -0.353 e. The summed E-state index contributed by atoms with van der Waals surface area (Å²) in [5.41, 5.74) is 0.164. The summed E-state index contributed by atoms with van der Waals surface area (Å²) in [5, 5.41) is 6.82. The summed E-state index contributed by atoms with van der Waals surface area (Å²) < 4.78 is 1.81. The molecule has 3 heterocycles. The molecule has 0 aromatic carbocycles. The van der Waals surface area contributed by atoms with Gasteiger partial charge >= 0.3 is 0 Å². The summed E-state index contributed by atoms with van der Waals surface area (Å²) in [6, 6.07) is 0.581. The molecule has 1 saturated heterocycles. The van der Waals surface area contributed by atoms with Crippen LogP contribution in [-0.4, -0.2) is 51.5 Å². The maximum atomic E-state index is 12.9. The molecule has 0 unspecified atom stereocenters. The van der Waals surface area contributed by atoms with E-state index in [9.17, 15) is 14.4 Å². The molecule has 2 amide bonds. The first-order valence-electron chi connectivity index (χ1n) is 11.3. The summed E-state index contributed by atoms with van der Waals surface area (Å²) in [6.45, 7) is 1.39. The van der Waals surface area contributed by atoms with Gasteiger partial charge in [0, 0.05) is 25.2 Å². The number of aromatic nitrogens is 3. The van der Waals surface area contributed by atoms with Crippen LogP contribution in [0.3, 0.4) is 0 Å². The SMILES string of the molecule is O=C(Cn1cnc2nc(N3CCC[C@H](C(=O)NC4CC4)C3)sc2c1=O)NC1CCCC1. The summed E-state index contributed by atoms with van der Waals surface area (Å²) >= 11 is 1.30. The molecule has 2 aromatic rings. The fourth-order valence-electron chi connectivity index (χ4n) is 4.49. The number of piperidine rings is 1. The van der Waals surface area contributed by atoms with Crippen LogP contribution >= 0.6 is 11.3 Å². The van der Waals surface area contributed by atoms with Gasteiger partial charge < -0.3 is 15.5 Å². The molecule has 0 bridgehead atoms. The van der Waals surface area contributed by atoms with Gasteiger partial charge in [-0.15, -0.1) is 0 Å². The second kappa shape index (κ2) is 8.57. The molecule has 5 rings (SSSR count). The Hall–Kier alpha value is -2.49. The molecular weight excluding hydrogens is 416 g/mol. The molecule has 166 valence electrons. The second-order valence-corrected chi connectivity index (χ2v) is 9.92. The van der Waals surface area contributed by atoms with Crippen molar-refractivity contribution >= 4 is 38.6 Å². The highest BCUT2D eigenvalue weighted by Gasteiger charge is 2.31. The maximum Gasteiger partial charge on any atom is 0.273 e. The van der Waals surface area contributed by atoms with Crippen molar-refractivity contribution < 1.29 is 9.59 Å². The van der Waals surface area contributed by atoms with E-state index in [1.807, 2.05) is 0 Å². The van der Waals surface area contributed by atoms with Crippen LogP contribution in [0.2, 0.25) is 0 Å². The number of hydrogen-bond donors (Lipinski definition) is 2. The van der Waals surface area contributed by atoms with E-state index in [0.717, 1.165) is 63.0 Å². The number of nitrogens with zero attached hydrogens (tertiary/aromatic N) is 4. The number of carbonyl (C=O) groups is 2. The molecule has 0 spiro atoms. The number of fused-ring (bicyclic) bond motifs is 1. The van der Waals surface area contributed by atoms with E-state index in [-0.39, 0.29) is 35.9 Å². The van der Waals surface area contributed by atoms with Crippen LogP contribution in [0.1, 0.15) is 51.4 Å². The van der Waals surface area contributed by atoms with Gasteiger partial charge in [-0.05, 0) is 38.5 Å². The topological polar surface area (TPSA) is 109 Å². The van der Waals surface area contributed by atoms with Crippen LogP contribution in [0.4, 0.5) is 5.13 Å². The molecule has 0 radical (unpaired) electrons. The van der Waals surface area contributed by atoms with E-state index >= 15 is 0 Å². The average Bonchev–Trinajstić information content (AvgIpc) is 3.24. The molecule has 3 aliphatic rings. The van der Waals surface area contributed by atoms with E-state index in [4.69, 9.17) is 0 Å². The van der Waals surface area contributed by atoms with Crippen LogP contribution in [0.15, 0.2) is 11.1 Å². The van der Waals surface area contributed by atoms with Crippen molar-refractivity contribution in [2.45, 2.75) is 70.0 Å². The molecule has 2 saturated carbocycles. The largest absolute Gasteiger partial charge is 0.353 e. The Morgan fingerprint density at radius 2 is 1.84 bits per heavy atom. The minimum absolute atomic E-state index is 0.0291. The van der Waals surface area contributed by atoms with Gasteiger partial charge in [0.15, 0.2) is 10.8 Å². The molecular formula is C21H28N6O3S. The van der Waals surface area contributed by atoms with Crippen molar-refractivity contribution in [1.82, 2.24) is 25.2 Å². The zero-order valence-electron chi connectivity index (χ0n) is 17.5. The van der Waals surface area contributed by atoms with Gasteiger partial charge in [0.2, 0.25) is 11.8 Å². The highest BCUT2D eigenvalue weighted by molar-refractivity contribution is 7.22. The summed E-state index contributed by atoms with van der Waals surface area (Å²) in [5.74, 6) is -0.0761. The van der Waals surface area contributed by atoms with Crippen molar-refractivity contribution in [1.29, 1.82) is 0 Å². The Labute approximate surface area is 184 Å². The van der Waals surface area contributed by atoms with E-state index < -0.39 is 0 Å². The number of amides is 2. The lowest BCUT2D eigenvalue weighted by atomic mass is 9.97. The van der Waals surface area contributed by atoms with Gasteiger partial charge in [0.05, 0.1) is 5.92 Å². The molecule has 2 aromatic heterocycles. The third-order valence-electron chi connectivity index (χ3n) is 6.39. The third-order valence-corrected chi connectivity index (χ3v) is 7.49. The van der Waals surface area contributed by atoms with Crippen molar-refractivity contribution in [2.24, 2.45) is 5.92 Å². The Kier molecular flexibility index (Phi) is 5.64. The molecule has 1 aliphatic heterocycles. The molecule has 3 fully saturated rings. The first-order valence-corrected chi connectivity index (χ1v) is 12.1. The standard InChI is InChI=1S/C21H28N6O3S/c28-16(23-14-5-1-2-6-14)11-27-12-22-18-17(20(27)30)31-21(25-18)26-9-3-4-13(10-26)19(29)24-15-7-8-15/h12-15H,1-11H2,(H,23,28)(H,24,29)/t13-/m0/s1. The quantitative estimate of drug-likeness (QED) is 0.697. The molecule has 1 atom stereocenters. The normalized spacial score (nSPS) is 22.1. The van der Waals surface area contributed by atoms with Crippen LogP contribution in [0.5, 0.6) is 0 Å². The number of thiazole rings is 1. The van der Waals surface area contributed by atoms with Gasteiger partial charge in [0.25, 0.3) is 5.56 Å². The van der Waals surface area contributed by atoms with E-state index in [1.54, 1.807) is 0 Å². The smallest absolute Gasteiger partial charge is 0.273 e. The van der Waals surface area contributed by atoms with Crippen LogP contribution in [0, 0.1) is 5.92 Å². The highest BCUT2D eigenvalue weighted by Crippen LogP contribution is 2.30. The van der Waals surface area contributed by atoms with Gasteiger partial charge in [0.1, 0.15) is 17.6 Å². The summed E-state index contributed by atoms with van der Waals surface area (Å²) in [6.07, 6.45) is 9.65. The van der Waals surface area contributed by atoms with Gasteiger partial charge in [-0.3, -0.25) is 19.0 Å². The number of nitrogens with one attached hydrogen (secondary N) is 2. The fraction of sp³-hybridized carbons (Fsp3) is 0.667. The lowest BCUT2D eigenvalue weighted by Gasteiger charge is -2.31. The first kappa shape index (κ1) is 20.4. The summed E-state index contributed by atoms with van der Waals surface area (Å²) in [7, 11) is 0. The number of carbonyl (C=O) groups excluding carboxylic acids is 2. The molecule has 31 heavy (non-hydrogen) atoms. The zero-order chi connectivity index (χ0) is 21.4. The molecule has 2 N–H and O–H groups in total. The average molecular weight is 445 g/mol. The maximum absolute atomic E-state index is 12.9. The first-order chi connectivity index (χ1) is 15.1. The van der Waals surface area contributed by atoms with Crippen LogP contribution in [0.25, 0.3) is 10.3 Å². The number of anilines is 1. The van der Waals surface area contributed by atoms with Crippen molar-refractivity contribution in [2.75, 3.05) is 18.0 Å². The number of rotatable bonds is 6. The predicted octanol–water partition coefficient (Wildman–Crippen LogP) is 1.41. The van der Waals surface area contributed by atoms with Gasteiger partial charge in [-0.1, -0.05) is 24.2 Å². The van der Waals surface area contributed by atoms with E-state index in [1.165, 1.54) is 22.2 Å². The van der Waals surface area contributed by atoms with Crippen molar-refractivity contribution in [3.05, 3.63) is 16.7 Å². The second-order valence-electron chi connectivity index (χ2n) is 8.94. The Morgan fingerprint density at radius 1 is 1.06 bits per heavy atom. The highest BCUT2D eigenvalue weighted by atomic mass is 32.1. The monoisotopic (exact) mass is 444 g/mol. The summed E-state index contributed by atoms with van der Waals surface area (Å²) in [4.78, 5) is 48.7. The third kappa shape index (κ3) is 4.58. The molecule has 9 nitrogen and oxygen atoms in total. The molecule has 2 aliphatic carbocycles. The lowest BCUT2D eigenvalue weighted by Crippen LogP contribution is -2.43. The van der Waals surface area contributed by atoms with E-state index in [0.29, 0.717) is 22.9 Å². The van der Waals surface area contributed by atoms with Crippen molar-refractivity contribution in [3.63, 3.8) is 0 Å². The zero-order valence-corrected chi connectivity index (χ0v) is 18.3. The van der Waals surface area contributed by atoms with E-state index in [2.05, 4.69) is 25.5 Å². The Bertz CT molecular complexity index is 1040. The Balaban J connectivity index is 1.29. The fourth-order valence-corrected chi connectivity index (χ4v) is 5.50.